The number of carbonyl (C=O) groups is 2. The summed E-state index contributed by atoms with van der Waals surface area (Å²) in [6.45, 7) is -1.00. The van der Waals surface area contributed by atoms with Crippen molar-refractivity contribution in [2.75, 3.05) is 6.54 Å². The van der Waals surface area contributed by atoms with Crippen LogP contribution in [0.1, 0.15) is 60.8 Å². The lowest BCUT2D eigenvalue weighted by Crippen LogP contribution is -2.53. The van der Waals surface area contributed by atoms with Crippen molar-refractivity contribution in [3.8, 4) is 0 Å². The van der Waals surface area contributed by atoms with Crippen LogP contribution in [0.4, 0.5) is 35.1 Å². The number of likely N-dealkylation sites (tertiary alicyclic amines) is 1. The summed E-state index contributed by atoms with van der Waals surface area (Å²) < 4.78 is 137. The number of benzene rings is 2. The van der Waals surface area contributed by atoms with Crippen LogP contribution in [0.25, 0.3) is 0 Å². The highest BCUT2D eigenvalue weighted by atomic mass is 32.2. The Labute approximate surface area is 253 Å². The molecule has 6 nitrogen and oxygen atoms in total. The summed E-state index contributed by atoms with van der Waals surface area (Å²) in [6.07, 6.45) is -12.4. The smallest absolute Gasteiger partial charge is 0.435 e. The van der Waals surface area contributed by atoms with E-state index in [0.717, 1.165) is 18.2 Å². The highest BCUT2D eigenvalue weighted by molar-refractivity contribution is 7.92. The zero-order valence-corrected chi connectivity index (χ0v) is 24.4. The van der Waals surface area contributed by atoms with E-state index in [1.54, 1.807) is 0 Å². The molecule has 5 rings (SSSR count). The summed E-state index contributed by atoms with van der Waals surface area (Å²) in [6, 6.07) is 5.17. The van der Waals surface area contributed by atoms with Gasteiger partial charge in [-0.3, -0.25) is 9.59 Å². The SMILES string of the molecule is O=C(O)C1CCC(C(=O)N2CCC3(S(=O)(=O)c4ccc(CF)cc4)c4ccc(C(F)(C(F)(F)F)C(F)(F)F)cc4CCC23)CC1. The average molecular weight is 668 g/mol. The van der Waals surface area contributed by atoms with E-state index in [1.807, 2.05) is 0 Å². The van der Waals surface area contributed by atoms with Crippen molar-refractivity contribution in [3.05, 3.63) is 64.7 Å². The summed E-state index contributed by atoms with van der Waals surface area (Å²) in [7, 11) is -4.55. The molecule has 1 amide bonds. The minimum atomic E-state index is -6.37. The first kappa shape index (κ1) is 33.1. The number of aryl methyl sites for hydroxylation is 1. The third-order valence-electron chi connectivity index (χ3n) is 9.64. The van der Waals surface area contributed by atoms with Crippen molar-refractivity contribution in [2.24, 2.45) is 11.8 Å². The molecule has 1 saturated carbocycles. The maximum Gasteiger partial charge on any atom is 0.435 e. The normalized spacial score (nSPS) is 25.9. The Morgan fingerprint density at radius 3 is 1.98 bits per heavy atom. The van der Waals surface area contributed by atoms with Crippen molar-refractivity contribution in [2.45, 2.75) is 85.3 Å². The maximum atomic E-state index is 15.0. The number of carboxylic acid groups (broad SMARTS) is 1. The van der Waals surface area contributed by atoms with Crippen LogP contribution < -0.4 is 0 Å². The van der Waals surface area contributed by atoms with Gasteiger partial charge in [-0.2, -0.15) is 26.3 Å². The Hall–Kier alpha value is -3.23. The molecule has 0 radical (unpaired) electrons. The molecule has 2 unspecified atom stereocenters. The number of carbonyl (C=O) groups excluding carboxylic acids is 1. The Bertz CT molecular complexity index is 1570. The first-order chi connectivity index (χ1) is 20.9. The summed E-state index contributed by atoms with van der Waals surface area (Å²) in [5, 5.41) is 9.31. The Balaban J connectivity index is 1.62. The third kappa shape index (κ3) is 5.09. The molecular weight excluding hydrogens is 638 g/mol. The molecule has 1 N–H and O–H groups in total. The summed E-state index contributed by atoms with van der Waals surface area (Å²) >= 11 is 0. The van der Waals surface area contributed by atoms with Gasteiger partial charge in [0.1, 0.15) is 11.4 Å². The number of sulfone groups is 1. The van der Waals surface area contributed by atoms with Crippen molar-refractivity contribution < 1.29 is 58.2 Å². The molecule has 1 saturated heterocycles. The van der Waals surface area contributed by atoms with E-state index in [2.05, 4.69) is 0 Å². The van der Waals surface area contributed by atoms with Gasteiger partial charge in [-0.25, -0.2) is 17.2 Å². The lowest BCUT2D eigenvalue weighted by Gasteiger charge is -2.44. The number of amides is 1. The molecule has 45 heavy (non-hydrogen) atoms. The van der Waals surface area contributed by atoms with E-state index in [-0.39, 0.29) is 73.1 Å². The molecule has 1 aliphatic heterocycles. The van der Waals surface area contributed by atoms with Crippen LogP contribution in [-0.4, -0.2) is 55.2 Å². The zero-order valence-electron chi connectivity index (χ0n) is 23.6. The number of aliphatic carboxylic acids is 1. The van der Waals surface area contributed by atoms with Crippen molar-refractivity contribution in [3.63, 3.8) is 0 Å². The molecule has 15 heteroatoms. The zero-order chi connectivity index (χ0) is 33.2. The topological polar surface area (TPSA) is 91.8 Å². The van der Waals surface area contributed by atoms with Gasteiger partial charge in [0.05, 0.1) is 16.9 Å². The van der Waals surface area contributed by atoms with Gasteiger partial charge in [-0.1, -0.05) is 30.3 Å². The van der Waals surface area contributed by atoms with Gasteiger partial charge in [-0.15, -0.1) is 0 Å². The second-order valence-electron chi connectivity index (χ2n) is 11.9. The van der Waals surface area contributed by atoms with Crippen LogP contribution in [0.5, 0.6) is 0 Å². The molecule has 1 heterocycles. The molecule has 0 spiro atoms. The van der Waals surface area contributed by atoms with Gasteiger partial charge in [0.2, 0.25) is 5.91 Å². The highest BCUT2D eigenvalue weighted by Crippen LogP contribution is 2.57. The number of carboxylic acids is 1. The largest absolute Gasteiger partial charge is 0.481 e. The Kier molecular flexibility index (Phi) is 8.27. The predicted octanol–water partition coefficient (Wildman–Crippen LogP) is 6.55. The molecule has 2 fully saturated rings. The minimum absolute atomic E-state index is 0.108. The standard InChI is InChI=1S/C30H29F8NO5S/c31-16-17-1-9-22(10-2-17)45(43,44)27-13-14-39(25(40)18-3-5-19(6-4-18)26(41)42)24(27)12-7-20-15-21(8-11-23(20)27)28(32,29(33,34)35)30(36,37)38/h1-2,8-11,15,18-19,24H,3-7,12-14,16H2,(H,41,42). The van der Waals surface area contributed by atoms with Gasteiger partial charge >= 0.3 is 24.0 Å². The molecule has 2 atom stereocenters. The molecule has 2 aromatic carbocycles. The maximum absolute atomic E-state index is 15.0. The minimum Gasteiger partial charge on any atom is -0.481 e. The summed E-state index contributed by atoms with van der Waals surface area (Å²) in [5.74, 6) is -2.61. The summed E-state index contributed by atoms with van der Waals surface area (Å²) in [4.78, 5) is 26.3. The molecular formula is C30H29F8NO5S. The molecule has 246 valence electrons. The fourth-order valence-corrected chi connectivity index (χ4v) is 9.65. The lowest BCUT2D eigenvalue weighted by atomic mass is 9.76. The fraction of sp³-hybridized carbons (Fsp3) is 0.533. The predicted molar refractivity (Wildman–Crippen MR) is 143 cm³/mol. The number of alkyl halides is 8. The van der Waals surface area contributed by atoms with E-state index in [4.69, 9.17) is 0 Å². The van der Waals surface area contributed by atoms with Gasteiger partial charge in [0.15, 0.2) is 9.84 Å². The van der Waals surface area contributed by atoms with Gasteiger partial charge in [-0.05, 0) is 73.8 Å². The van der Waals surface area contributed by atoms with Crippen LogP contribution in [-0.2, 0) is 42.9 Å². The van der Waals surface area contributed by atoms with Crippen LogP contribution in [0.2, 0.25) is 0 Å². The Morgan fingerprint density at radius 1 is 0.867 bits per heavy atom. The van der Waals surface area contributed by atoms with Gasteiger partial charge in [0, 0.05) is 18.0 Å². The lowest BCUT2D eigenvalue weighted by molar-refractivity contribution is -0.348. The molecule has 0 bridgehead atoms. The van der Waals surface area contributed by atoms with Crippen LogP contribution in [0, 0.1) is 11.8 Å². The molecule has 2 aromatic rings. The van der Waals surface area contributed by atoms with Crippen molar-refractivity contribution in [1.82, 2.24) is 4.90 Å². The number of fused-ring (bicyclic) bond motifs is 3. The number of hydrogen-bond donors (Lipinski definition) is 1. The fourth-order valence-electron chi connectivity index (χ4n) is 7.28. The van der Waals surface area contributed by atoms with E-state index < -0.39 is 74.6 Å². The van der Waals surface area contributed by atoms with Crippen LogP contribution in [0.15, 0.2) is 47.4 Å². The van der Waals surface area contributed by atoms with Gasteiger partial charge in [0.25, 0.3) is 0 Å². The van der Waals surface area contributed by atoms with Crippen molar-refractivity contribution in [1.29, 1.82) is 0 Å². The monoisotopic (exact) mass is 667 g/mol. The van der Waals surface area contributed by atoms with E-state index in [9.17, 15) is 53.8 Å². The second kappa shape index (κ2) is 11.2. The number of rotatable bonds is 6. The average Bonchev–Trinajstić information content (AvgIpc) is 3.40. The highest BCUT2D eigenvalue weighted by Gasteiger charge is 2.74. The van der Waals surface area contributed by atoms with E-state index in [1.165, 1.54) is 17.0 Å². The third-order valence-corrected chi connectivity index (χ3v) is 12.2. The quantitative estimate of drug-likeness (QED) is 0.353. The number of hydrogen-bond acceptors (Lipinski definition) is 4. The van der Waals surface area contributed by atoms with E-state index >= 15 is 4.39 Å². The first-order valence-corrected chi connectivity index (χ1v) is 15.8. The molecule has 3 aliphatic rings. The van der Waals surface area contributed by atoms with Crippen molar-refractivity contribution >= 4 is 21.7 Å². The molecule has 2 aliphatic carbocycles. The van der Waals surface area contributed by atoms with Crippen LogP contribution in [0.3, 0.4) is 0 Å². The second-order valence-corrected chi connectivity index (χ2v) is 14.1. The first-order valence-electron chi connectivity index (χ1n) is 14.3. The molecule has 0 aromatic heterocycles. The summed E-state index contributed by atoms with van der Waals surface area (Å²) in [5.41, 5.74) is -7.64. The number of nitrogens with zero attached hydrogens (tertiary/aromatic N) is 1. The van der Waals surface area contributed by atoms with Crippen LogP contribution >= 0.6 is 0 Å². The van der Waals surface area contributed by atoms with Gasteiger partial charge < -0.3 is 10.0 Å². The van der Waals surface area contributed by atoms with E-state index in [0.29, 0.717) is 12.1 Å². The number of halogens is 8. The Morgan fingerprint density at radius 2 is 1.44 bits per heavy atom.